The summed E-state index contributed by atoms with van der Waals surface area (Å²) in [5.74, 6) is -1.07. The fourth-order valence-corrected chi connectivity index (χ4v) is 0.260. The van der Waals surface area contributed by atoms with Crippen molar-refractivity contribution in [3.05, 3.63) is 24.8 Å². The molecule has 44 valence electrons. The summed E-state index contributed by atoms with van der Waals surface area (Å²) in [4.78, 5) is 9.68. The molecule has 0 aliphatic heterocycles. The van der Waals surface area contributed by atoms with Gasteiger partial charge in [-0.1, -0.05) is 24.8 Å². The number of rotatable bonds is 3. The average Bonchev–Trinajstić information content (AvgIpc) is 1.66. The van der Waals surface area contributed by atoms with E-state index >= 15 is 0 Å². The molecule has 0 bridgehead atoms. The van der Waals surface area contributed by atoms with E-state index < -0.39 is 5.97 Å². The highest BCUT2D eigenvalue weighted by molar-refractivity contribution is 5.66. The van der Waals surface area contributed by atoms with Gasteiger partial charge >= 0.3 is 0 Å². The molecule has 0 aromatic rings. The molecule has 0 atom stereocenters. The van der Waals surface area contributed by atoms with Gasteiger partial charge in [-0.3, -0.25) is 0 Å². The van der Waals surface area contributed by atoms with Gasteiger partial charge in [-0.05, 0) is 0 Å². The minimum Gasteiger partial charge on any atom is -0.550 e. The maximum Gasteiger partial charge on any atom is 0.0452 e. The van der Waals surface area contributed by atoms with Crippen molar-refractivity contribution in [1.82, 2.24) is 0 Å². The van der Waals surface area contributed by atoms with Crippen LogP contribution in [0.5, 0.6) is 0 Å². The smallest absolute Gasteiger partial charge is 0.0452 e. The van der Waals surface area contributed by atoms with Crippen molar-refractivity contribution in [3.8, 4) is 0 Å². The fourth-order valence-electron chi connectivity index (χ4n) is 0.260. The number of aliphatic carboxylic acids is 1. The van der Waals surface area contributed by atoms with Crippen LogP contribution in [0.25, 0.3) is 0 Å². The summed E-state index contributed by atoms with van der Waals surface area (Å²) in [5, 5.41) is 9.68. The van der Waals surface area contributed by atoms with Crippen LogP contribution in [0.3, 0.4) is 0 Å². The van der Waals surface area contributed by atoms with Gasteiger partial charge < -0.3 is 9.90 Å². The Morgan fingerprint density at radius 2 is 2.38 bits per heavy atom. The number of carboxylic acid groups (broad SMARTS) is 1. The molecular weight excluding hydrogens is 104 g/mol. The quantitative estimate of drug-likeness (QED) is 0.476. The highest BCUT2D eigenvalue weighted by Gasteiger charge is 1.73. The second-order valence-corrected chi connectivity index (χ2v) is 1.24. The van der Waals surface area contributed by atoms with Gasteiger partial charge in [0, 0.05) is 12.4 Å². The van der Waals surface area contributed by atoms with Gasteiger partial charge in [-0.25, -0.2) is 0 Å². The van der Waals surface area contributed by atoms with Crippen molar-refractivity contribution >= 4 is 5.97 Å². The first-order valence-electron chi connectivity index (χ1n) is 2.24. The Morgan fingerprint density at radius 3 is 2.75 bits per heavy atom. The standard InChI is InChI=1S/C6H8O2/c1-2-3-4-5-6(7)8/h2-4H,1,5H2,(H,7,8)/p-1/b4-3+. The molecule has 0 unspecified atom stereocenters. The summed E-state index contributed by atoms with van der Waals surface area (Å²) in [6.45, 7) is 3.36. The zero-order valence-electron chi connectivity index (χ0n) is 4.46. The molecule has 0 aromatic heterocycles. The van der Waals surface area contributed by atoms with E-state index in [1.54, 1.807) is 6.08 Å². The van der Waals surface area contributed by atoms with Crippen molar-refractivity contribution in [2.24, 2.45) is 0 Å². The van der Waals surface area contributed by atoms with E-state index in [9.17, 15) is 9.90 Å². The maximum atomic E-state index is 9.68. The Labute approximate surface area is 48.1 Å². The summed E-state index contributed by atoms with van der Waals surface area (Å²) in [6.07, 6.45) is 4.52. The van der Waals surface area contributed by atoms with Gasteiger partial charge in [-0.2, -0.15) is 0 Å². The lowest BCUT2D eigenvalue weighted by atomic mass is 10.4. The highest BCUT2D eigenvalue weighted by atomic mass is 16.4. The van der Waals surface area contributed by atoms with Crippen LogP contribution >= 0.6 is 0 Å². The number of carbonyl (C=O) groups excluding carboxylic acids is 1. The van der Waals surface area contributed by atoms with E-state index in [1.165, 1.54) is 12.2 Å². The fraction of sp³-hybridized carbons (Fsp3) is 0.167. The molecule has 0 aromatic carbocycles. The third kappa shape index (κ3) is 4.95. The van der Waals surface area contributed by atoms with Crippen molar-refractivity contribution in [3.63, 3.8) is 0 Å². The lowest BCUT2D eigenvalue weighted by molar-refractivity contribution is -0.304. The van der Waals surface area contributed by atoms with Crippen LogP contribution in [0.1, 0.15) is 6.42 Å². The van der Waals surface area contributed by atoms with Gasteiger partial charge in [0.15, 0.2) is 0 Å². The van der Waals surface area contributed by atoms with Crippen molar-refractivity contribution in [2.75, 3.05) is 0 Å². The SMILES string of the molecule is C=C/C=C/CC(=O)[O-]. The summed E-state index contributed by atoms with van der Waals surface area (Å²) in [5.41, 5.74) is 0. The molecule has 0 rings (SSSR count). The normalized spacial score (nSPS) is 9.50. The first-order valence-corrected chi connectivity index (χ1v) is 2.24. The van der Waals surface area contributed by atoms with E-state index in [0.29, 0.717) is 0 Å². The van der Waals surface area contributed by atoms with Crippen molar-refractivity contribution < 1.29 is 9.90 Å². The Bertz CT molecular complexity index is 114. The van der Waals surface area contributed by atoms with Crippen LogP contribution in [0.4, 0.5) is 0 Å². The minimum atomic E-state index is -1.07. The average molecular weight is 111 g/mol. The molecule has 0 aliphatic carbocycles. The number of hydrogen-bond donors (Lipinski definition) is 0. The second-order valence-electron chi connectivity index (χ2n) is 1.24. The van der Waals surface area contributed by atoms with Crippen molar-refractivity contribution in [2.45, 2.75) is 6.42 Å². The molecule has 0 aliphatic rings. The monoisotopic (exact) mass is 111 g/mol. The molecule has 0 N–H and O–H groups in total. The van der Waals surface area contributed by atoms with Gasteiger partial charge in [0.25, 0.3) is 0 Å². The highest BCUT2D eigenvalue weighted by Crippen LogP contribution is 1.78. The van der Waals surface area contributed by atoms with Gasteiger partial charge in [0.1, 0.15) is 0 Å². The van der Waals surface area contributed by atoms with Crippen LogP contribution in [-0.2, 0) is 4.79 Å². The first kappa shape index (κ1) is 6.95. The summed E-state index contributed by atoms with van der Waals surface area (Å²) in [6, 6.07) is 0. The molecule has 0 amide bonds. The zero-order valence-corrected chi connectivity index (χ0v) is 4.46. The Balaban J connectivity index is 3.29. The van der Waals surface area contributed by atoms with Crippen LogP contribution in [-0.4, -0.2) is 5.97 Å². The zero-order chi connectivity index (χ0) is 6.41. The van der Waals surface area contributed by atoms with Crippen LogP contribution < -0.4 is 5.11 Å². The maximum absolute atomic E-state index is 9.68. The molecule has 2 nitrogen and oxygen atoms in total. The molecule has 0 spiro atoms. The molecule has 0 saturated heterocycles. The van der Waals surface area contributed by atoms with Crippen LogP contribution in [0.2, 0.25) is 0 Å². The molecule has 0 fully saturated rings. The van der Waals surface area contributed by atoms with E-state index in [-0.39, 0.29) is 6.42 Å². The van der Waals surface area contributed by atoms with E-state index in [1.807, 2.05) is 0 Å². The molecule has 0 heterocycles. The lowest BCUT2D eigenvalue weighted by Gasteiger charge is -1.90. The summed E-state index contributed by atoms with van der Waals surface area (Å²) < 4.78 is 0. The topological polar surface area (TPSA) is 40.1 Å². The molecule has 0 radical (unpaired) electrons. The largest absolute Gasteiger partial charge is 0.550 e. The van der Waals surface area contributed by atoms with Gasteiger partial charge in [0.05, 0.1) is 0 Å². The lowest BCUT2D eigenvalue weighted by Crippen LogP contribution is -2.20. The molecule has 2 heteroatoms. The number of allylic oxidation sites excluding steroid dienone is 2. The van der Waals surface area contributed by atoms with Crippen LogP contribution in [0.15, 0.2) is 24.8 Å². The van der Waals surface area contributed by atoms with Gasteiger partial charge in [0.2, 0.25) is 0 Å². The Morgan fingerprint density at radius 1 is 1.75 bits per heavy atom. The molecular formula is C6H7O2-. The third-order valence-electron chi connectivity index (χ3n) is 0.557. The molecule has 8 heavy (non-hydrogen) atoms. The summed E-state index contributed by atoms with van der Waals surface area (Å²) in [7, 11) is 0. The Hall–Kier alpha value is -1.05. The summed E-state index contributed by atoms with van der Waals surface area (Å²) >= 11 is 0. The Kier molecular flexibility index (Phi) is 3.58. The minimum absolute atomic E-state index is 0.0357. The van der Waals surface area contributed by atoms with Gasteiger partial charge in [-0.15, -0.1) is 0 Å². The number of carboxylic acids is 1. The predicted octanol–water partition coefficient (Wildman–Crippen LogP) is -0.131. The number of carbonyl (C=O) groups is 1. The number of hydrogen-bond acceptors (Lipinski definition) is 2. The second kappa shape index (κ2) is 4.12. The van der Waals surface area contributed by atoms with Crippen molar-refractivity contribution in [1.29, 1.82) is 0 Å². The molecule has 0 saturated carbocycles. The van der Waals surface area contributed by atoms with E-state index in [4.69, 9.17) is 0 Å². The first-order chi connectivity index (χ1) is 3.77. The third-order valence-corrected chi connectivity index (χ3v) is 0.557. The van der Waals surface area contributed by atoms with E-state index in [0.717, 1.165) is 0 Å². The van der Waals surface area contributed by atoms with Crippen LogP contribution in [0, 0.1) is 0 Å². The van der Waals surface area contributed by atoms with E-state index in [2.05, 4.69) is 6.58 Å². The predicted molar refractivity (Wildman–Crippen MR) is 29.0 cm³/mol.